The van der Waals surface area contributed by atoms with Crippen molar-refractivity contribution in [2.75, 3.05) is 13.2 Å². The molecule has 2 heterocycles. The maximum Gasteiger partial charge on any atom is 0.224 e. The standard InChI is InChI=1S/C19H22N2O2/c1-14-4-2-3-5-16(14)11-19(22)21-18-13-23-12-17(18)10-15-6-8-20-9-7-15/h2-9,17-18H,10-13H2,1H3,(H,21,22)/t17-,18+/m1/s1. The Labute approximate surface area is 136 Å². The van der Waals surface area contributed by atoms with Gasteiger partial charge in [0, 0.05) is 18.3 Å². The van der Waals surface area contributed by atoms with Crippen molar-refractivity contribution >= 4 is 5.91 Å². The van der Waals surface area contributed by atoms with Crippen LogP contribution in [0.3, 0.4) is 0 Å². The number of pyridine rings is 1. The van der Waals surface area contributed by atoms with Crippen LogP contribution in [0.5, 0.6) is 0 Å². The Morgan fingerprint density at radius 2 is 2.00 bits per heavy atom. The number of carbonyl (C=O) groups is 1. The molecular formula is C19H22N2O2. The summed E-state index contributed by atoms with van der Waals surface area (Å²) in [5.41, 5.74) is 3.46. The molecule has 1 aliphatic rings. The molecule has 0 saturated carbocycles. The molecule has 3 rings (SSSR count). The Morgan fingerprint density at radius 3 is 2.78 bits per heavy atom. The van der Waals surface area contributed by atoms with Crippen LogP contribution in [-0.4, -0.2) is 30.1 Å². The molecule has 4 heteroatoms. The van der Waals surface area contributed by atoms with Crippen molar-refractivity contribution in [2.24, 2.45) is 5.92 Å². The molecule has 120 valence electrons. The van der Waals surface area contributed by atoms with E-state index in [1.54, 1.807) is 12.4 Å². The first-order valence-electron chi connectivity index (χ1n) is 8.03. The zero-order chi connectivity index (χ0) is 16.1. The molecule has 1 amide bonds. The molecule has 0 bridgehead atoms. The molecular weight excluding hydrogens is 288 g/mol. The third-order valence-electron chi connectivity index (χ3n) is 4.40. The normalized spacial score (nSPS) is 20.4. The molecule has 1 N–H and O–H groups in total. The van der Waals surface area contributed by atoms with Gasteiger partial charge in [-0.2, -0.15) is 0 Å². The number of ether oxygens (including phenoxy) is 1. The summed E-state index contributed by atoms with van der Waals surface area (Å²) in [7, 11) is 0. The molecule has 23 heavy (non-hydrogen) atoms. The quantitative estimate of drug-likeness (QED) is 0.922. The fraction of sp³-hybridized carbons (Fsp3) is 0.368. The lowest BCUT2D eigenvalue weighted by Crippen LogP contribution is -2.41. The lowest BCUT2D eigenvalue weighted by Gasteiger charge is -2.19. The third kappa shape index (κ3) is 4.17. The number of nitrogens with zero attached hydrogens (tertiary/aromatic N) is 1. The van der Waals surface area contributed by atoms with Crippen molar-refractivity contribution in [3.05, 3.63) is 65.5 Å². The molecule has 1 saturated heterocycles. The van der Waals surface area contributed by atoms with Gasteiger partial charge in [0.05, 0.1) is 25.7 Å². The predicted molar refractivity (Wildman–Crippen MR) is 89.1 cm³/mol. The van der Waals surface area contributed by atoms with Crippen LogP contribution in [0.2, 0.25) is 0 Å². The largest absolute Gasteiger partial charge is 0.379 e. The van der Waals surface area contributed by atoms with E-state index in [9.17, 15) is 4.79 Å². The highest BCUT2D eigenvalue weighted by Crippen LogP contribution is 2.19. The Balaban J connectivity index is 1.58. The van der Waals surface area contributed by atoms with Gasteiger partial charge in [0.25, 0.3) is 0 Å². The molecule has 1 aliphatic heterocycles. The van der Waals surface area contributed by atoms with Crippen LogP contribution in [0, 0.1) is 12.8 Å². The number of aromatic nitrogens is 1. The first kappa shape index (κ1) is 15.7. The minimum atomic E-state index is 0.0644. The number of hydrogen-bond donors (Lipinski definition) is 1. The van der Waals surface area contributed by atoms with E-state index in [1.807, 2.05) is 43.3 Å². The lowest BCUT2D eigenvalue weighted by molar-refractivity contribution is -0.121. The molecule has 0 unspecified atom stereocenters. The summed E-state index contributed by atoms with van der Waals surface area (Å²) in [5.74, 6) is 0.382. The van der Waals surface area contributed by atoms with Crippen LogP contribution in [0.25, 0.3) is 0 Å². The monoisotopic (exact) mass is 310 g/mol. The van der Waals surface area contributed by atoms with Gasteiger partial charge in [-0.05, 0) is 42.2 Å². The fourth-order valence-electron chi connectivity index (χ4n) is 3.02. The first-order chi connectivity index (χ1) is 11.2. The molecule has 1 aromatic heterocycles. The van der Waals surface area contributed by atoms with Crippen molar-refractivity contribution in [2.45, 2.75) is 25.8 Å². The van der Waals surface area contributed by atoms with Crippen LogP contribution in [0.4, 0.5) is 0 Å². The van der Waals surface area contributed by atoms with E-state index < -0.39 is 0 Å². The minimum Gasteiger partial charge on any atom is -0.379 e. The van der Waals surface area contributed by atoms with Gasteiger partial charge in [0.1, 0.15) is 0 Å². The average molecular weight is 310 g/mol. The van der Waals surface area contributed by atoms with Gasteiger partial charge in [0.15, 0.2) is 0 Å². The van der Waals surface area contributed by atoms with Crippen LogP contribution in [-0.2, 0) is 22.4 Å². The Kier molecular flexibility index (Phi) is 5.03. The fourth-order valence-corrected chi connectivity index (χ4v) is 3.02. The van der Waals surface area contributed by atoms with Gasteiger partial charge >= 0.3 is 0 Å². The van der Waals surface area contributed by atoms with Gasteiger partial charge in [-0.15, -0.1) is 0 Å². The van der Waals surface area contributed by atoms with E-state index in [4.69, 9.17) is 4.74 Å². The summed E-state index contributed by atoms with van der Waals surface area (Å²) in [6.07, 6.45) is 4.93. The van der Waals surface area contributed by atoms with Crippen LogP contribution in [0.1, 0.15) is 16.7 Å². The molecule has 1 fully saturated rings. The average Bonchev–Trinajstić information content (AvgIpc) is 2.97. The SMILES string of the molecule is Cc1ccccc1CC(=O)N[C@H]1COC[C@H]1Cc1ccncc1. The second kappa shape index (κ2) is 7.38. The number of hydrogen-bond acceptors (Lipinski definition) is 3. The van der Waals surface area contributed by atoms with Gasteiger partial charge in [-0.1, -0.05) is 24.3 Å². The summed E-state index contributed by atoms with van der Waals surface area (Å²) in [5, 5.41) is 3.15. The molecule has 0 radical (unpaired) electrons. The first-order valence-corrected chi connectivity index (χ1v) is 8.03. The molecule has 4 nitrogen and oxygen atoms in total. The third-order valence-corrected chi connectivity index (χ3v) is 4.40. The van der Waals surface area contributed by atoms with E-state index in [2.05, 4.69) is 10.3 Å². The van der Waals surface area contributed by atoms with Crippen molar-refractivity contribution in [1.29, 1.82) is 0 Å². The van der Waals surface area contributed by atoms with Crippen molar-refractivity contribution in [3.8, 4) is 0 Å². The zero-order valence-corrected chi connectivity index (χ0v) is 13.4. The lowest BCUT2D eigenvalue weighted by atomic mass is 9.95. The smallest absolute Gasteiger partial charge is 0.224 e. The zero-order valence-electron chi connectivity index (χ0n) is 13.4. The van der Waals surface area contributed by atoms with E-state index in [1.165, 1.54) is 5.56 Å². The number of rotatable bonds is 5. The maximum atomic E-state index is 12.3. The van der Waals surface area contributed by atoms with E-state index >= 15 is 0 Å². The second-order valence-electron chi connectivity index (χ2n) is 6.13. The van der Waals surface area contributed by atoms with Gasteiger partial charge in [-0.3, -0.25) is 9.78 Å². The summed E-state index contributed by atoms with van der Waals surface area (Å²) in [6, 6.07) is 12.1. The maximum absolute atomic E-state index is 12.3. The van der Waals surface area contributed by atoms with Crippen molar-refractivity contribution in [1.82, 2.24) is 10.3 Å². The van der Waals surface area contributed by atoms with E-state index in [0.29, 0.717) is 25.6 Å². The van der Waals surface area contributed by atoms with Gasteiger partial charge in [-0.25, -0.2) is 0 Å². The number of benzene rings is 1. The van der Waals surface area contributed by atoms with Gasteiger partial charge in [0.2, 0.25) is 5.91 Å². The number of carbonyl (C=O) groups excluding carboxylic acids is 1. The minimum absolute atomic E-state index is 0.0644. The number of amides is 1. The van der Waals surface area contributed by atoms with Crippen LogP contribution >= 0.6 is 0 Å². The highest BCUT2D eigenvalue weighted by atomic mass is 16.5. The molecule has 2 aromatic rings. The van der Waals surface area contributed by atoms with Crippen LogP contribution < -0.4 is 5.32 Å². The van der Waals surface area contributed by atoms with E-state index in [0.717, 1.165) is 17.5 Å². The summed E-state index contributed by atoms with van der Waals surface area (Å²) < 4.78 is 5.59. The summed E-state index contributed by atoms with van der Waals surface area (Å²) >= 11 is 0. The number of aryl methyl sites for hydroxylation is 1. The van der Waals surface area contributed by atoms with Crippen molar-refractivity contribution < 1.29 is 9.53 Å². The molecule has 2 atom stereocenters. The molecule has 0 aliphatic carbocycles. The van der Waals surface area contributed by atoms with Crippen molar-refractivity contribution in [3.63, 3.8) is 0 Å². The summed E-state index contributed by atoms with van der Waals surface area (Å²) in [4.78, 5) is 16.4. The van der Waals surface area contributed by atoms with Gasteiger partial charge < -0.3 is 10.1 Å². The van der Waals surface area contributed by atoms with Crippen LogP contribution in [0.15, 0.2) is 48.8 Å². The Morgan fingerprint density at radius 1 is 1.22 bits per heavy atom. The molecule has 1 aromatic carbocycles. The Hall–Kier alpha value is -2.20. The highest BCUT2D eigenvalue weighted by Gasteiger charge is 2.29. The summed E-state index contributed by atoms with van der Waals surface area (Å²) in [6.45, 7) is 3.32. The Bertz CT molecular complexity index is 657. The number of nitrogens with one attached hydrogen (secondary N) is 1. The van der Waals surface area contributed by atoms with E-state index in [-0.39, 0.29) is 11.9 Å². The second-order valence-corrected chi connectivity index (χ2v) is 6.13. The predicted octanol–water partition coefficient (Wildman–Crippen LogP) is 2.31. The topological polar surface area (TPSA) is 51.2 Å². The molecule has 0 spiro atoms. The highest BCUT2D eigenvalue weighted by molar-refractivity contribution is 5.79.